The highest BCUT2D eigenvalue weighted by molar-refractivity contribution is 5.86. The van der Waals surface area contributed by atoms with Gasteiger partial charge in [-0.05, 0) is 41.5 Å². The average Bonchev–Trinajstić information content (AvgIpc) is 2.97. The summed E-state index contributed by atoms with van der Waals surface area (Å²) in [7, 11) is 0. The molecule has 0 aliphatic heterocycles. The van der Waals surface area contributed by atoms with E-state index in [9.17, 15) is 19.5 Å². The van der Waals surface area contributed by atoms with E-state index in [1.54, 1.807) is 6.92 Å². The van der Waals surface area contributed by atoms with Crippen LogP contribution in [0.4, 0.5) is 4.79 Å². The minimum atomic E-state index is -1.05. The van der Waals surface area contributed by atoms with Gasteiger partial charge in [0.2, 0.25) is 5.91 Å². The molecule has 7 heteroatoms. The fourth-order valence-corrected chi connectivity index (χ4v) is 5.20. The maximum absolute atomic E-state index is 12.9. The molecular formula is C27H32N2O5. The first-order chi connectivity index (χ1) is 16.5. The van der Waals surface area contributed by atoms with Crippen molar-refractivity contribution < 1.29 is 24.2 Å². The van der Waals surface area contributed by atoms with Gasteiger partial charge >= 0.3 is 12.1 Å². The molecule has 1 saturated carbocycles. The van der Waals surface area contributed by atoms with Crippen LogP contribution in [0.1, 0.15) is 62.5 Å². The fraction of sp³-hybridized carbons (Fsp3) is 0.444. The maximum Gasteiger partial charge on any atom is 0.407 e. The molecule has 0 radical (unpaired) electrons. The van der Waals surface area contributed by atoms with Gasteiger partial charge in [-0.15, -0.1) is 0 Å². The van der Waals surface area contributed by atoms with E-state index < -0.39 is 24.0 Å². The zero-order chi connectivity index (χ0) is 24.1. The van der Waals surface area contributed by atoms with Gasteiger partial charge in [-0.25, -0.2) is 9.59 Å². The third-order valence-electron chi connectivity index (χ3n) is 7.02. The molecule has 0 aromatic heterocycles. The molecular weight excluding hydrogens is 432 g/mol. The van der Waals surface area contributed by atoms with Crippen molar-refractivity contribution in [1.29, 1.82) is 0 Å². The summed E-state index contributed by atoms with van der Waals surface area (Å²) in [5, 5.41) is 14.8. The molecule has 3 atom stereocenters. The molecule has 34 heavy (non-hydrogen) atoms. The number of carboxylic acids is 1. The largest absolute Gasteiger partial charge is 0.480 e. The molecule has 0 spiro atoms. The second-order valence-electron chi connectivity index (χ2n) is 9.13. The molecule has 180 valence electrons. The predicted molar refractivity (Wildman–Crippen MR) is 128 cm³/mol. The smallest absolute Gasteiger partial charge is 0.407 e. The second kappa shape index (κ2) is 10.7. The van der Waals surface area contributed by atoms with Gasteiger partial charge in [0.05, 0.1) is 5.92 Å². The van der Waals surface area contributed by atoms with E-state index in [1.165, 1.54) is 0 Å². The van der Waals surface area contributed by atoms with Gasteiger partial charge in [0.1, 0.15) is 12.6 Å². The first-order valence-corrected chi connectivity index (χ1v) is 12.1. The van der Waals surface area contributed by atoms with Crippen LogP contribution in [-0.4, -0.2) is 41.8 Å². The molecule has 2 aromatic carbocycles. The number of amides is 2. The van der Waals surface area contributed by atoms with Crippen LogP contribution in [0.2, 0.25) is 0 Å². The van der Waals surface area contributed by atoms with Crippen LogP contribution < -0.4 is 10.6 Å². The number of nitrogens with one attached hydrogen (secondary N) is 2. The van der Waals surface area contributed by atoms with Crippen LogP contribution >= 0.6 is 0 Å². The highest BCUT2D eigenvalue weighted by Gasteiger charge is 2.34. The Hall–Kier alpha value is -3.35. The van der Waals surface area contributed by atoms with Crippen molar-refractivity contribution in [3.63, 3.8) is 0 Å². The number of hydrogen-bond acceptors (Lipinski definition) is 4. The standard InChI is InChI=1S/C27H32N2O5/c1-2-23(26(31)32)28-25(30)21-14-4-3-5-15-24(21)29-27(33)34-16-22-19-12-8-6-10-17(19)18-11-7-9-13-20(18)22/h6-13,21-24H,2-5,14-16H2,1H3,(H,28,30)(H,29,33)(H,31,32)/t21?,23-,24?/m1/s1. The molecule has 2 aromatic rings. The first kappa shape index (κ1) is 23.8. The van der Waals surface area contributed by atoms with Gasteiger partial charge in [0, 0.05) is 12.0 Å². The zero-order valence-electron chi connectivity index (χ0n) is 19.5. The minimum absolute atomic E-state index is 0.0349. The predicted octanol–water partition coefficient (Wildman–Crippen LogP) is 4.45. The van der Waals surface area contributed by atoms with Gasteiger partial charge in [0.25, 0.3) is 0 Å². The van der Waals surface area contributed by atoms with E-state index in [0.29, 0.717) is 19.3 Å². The number of carbonyl (C=O) groups is 3. The van der Waals surface area contributed by atoms with Crippen LogP contribution in [0.3, 0.4) is 0 Å². The van der Waals surface area contributed by atoms with Gasteiger partial charge < -0.3 is 20.5 Å². The van der Waals surface area contributed by atoms with Crippen LogP contribution in [-0.2, 0) is 14.3 Å². The number of benzene rings is 2. The lowest BCUT2D eigenvalue weighted by Crippen LogP contribution is -2.50. The third-order valence-corrected chi connectivity index (χ3v) is 7.02. The first-order valence-electron chi connectivity index (χ1n) is 12.1. The van der Waals surface area contributed by atoms with Crippen molar-refractivity contribution in [3.8, 4) is 11.1 Å². The number of hydrogen-bond donors (Lipinski definition) is 3. The number of carbonyl (C=O) groups excluding carboxylic acids is 2. The summed E-state index contributed by atoms with van der Waals surface area (Å²) in [6.07, 6.45) is 3.76. The summed E-state index contributed by atoms with van der Waals surface area (Å²) < 4.78 is 5.68. The van der Waals surface area contributed by atoms with E-state index in [-0.39, 0.29) is 24.5 Å². The number of carboxylic acid groups (broad SMARTS) is 1. The van der Waals surface area contributed by atoms with Crippen molar-refractivity contribution in [2.24, 2.45) is 5.92 Å². The van der Waals surface area contributed by atoms with Gasteiger partial charge in [-0.2, -0.15) is 0 Å². The highest BCUT2D eigenvalue weighted by Crippen LogP contribution is 2.44. The Morgan fingerprint density at radius 3 is 2.21 bits per heavy atom. The molecule has 2 aliphatic carbocycles. The van der Waals surface area contributed by atoms with E-state index in [1.807, 2.05) is 24.3 Å². The number of aliphatic carboxylic acids is 1. The SMILES string of the molecule is CC[C@@H](NC(=O)C1CCCCCC1NC(=O)OCC1c2ccccc2-c2ccccc21)C(=O)O. The molecule has 1 fully saturated rings. The molecule has 0 bridgehead atoms. The molecule has 0 heterocycles. The molecule has 2 aliphatic rings. The molecule has 2 unspecified atom stereocenters. The molecule has 3 N–H and O–H groups in total. The Balaban J connectivity index is 1.41. The van der Waals surface area contributed by atoms with Gasteiger partial charge in [-0.1, -0.05) is 74.7 Å². The van der Waals surface area contributed by atoms with E-state index in [4.69, 9.17) is 4.74 Å². The topological polar surface area (TPSA) is 105 Å². The van der Waals surface area contributed by atoms with Crippen molar-refractivity contribution >= 4 is 18.0 Å². The van der Waals surface area contributed by atoms with Gasteiger partial charge in [-0.3, -0.25) is 4.79 Å². The molecule has 2 amide bonds. The van der Waals surface area contributed by atoms with Gasteiger partial charge in [0.15, 0.2) is 0 Å². The summed E-state index contributed by atoms with van der Waals surface area (Å²) in [4.78, 5) is 37.0. The highest BCUT2D eigenvalue weighted by atomic mass is 16.5. The van der Waals surface area contributed by atoms with Crippen LogP contribution in [0.15, 0.2) is 48.5 Å². The number of ether oxygens (including phenoxy) is 1. The maximum atomic E-state index is 12.9. The number of fused-ring (bicyclic) bond motifs is 3. The lowest BCUT2D eigenvalue weighted by molar-refractivity contribution is -0.142. The zero-order valence-corrected chi connectivity index (χ0v) is 19.5. The number of rotatable bonds is 7. The number of alkyl carbamates (subject to hydrolysis) is 1. The second-order valence-corrected chi connectivity index (χ2v) is 9.13. The van der Waals surface area contributed by atoms with E-state index in [0.717, 1.165) is 41.5 Å². The summed E-state index contributed by atoms with van der Waals surface area (Å²) in [5.41, 5.74) is 4.61. The van der Waals surface area contributed by atoms with Crippen molar-refractivity contribution in [2.45, 2.75) is 63.5 Å². The quantitative estimate of drug-likeness (QED) is 0.525. The summed E-state index contributed by atoms with van der Waals surface area (Å²) in [6.45, 7) is 1.93. The minimum Gasteiger partial charge on any atom is -0.480 e. The fourth-order valence-electron chi connectivity index (χ4n) is 5.20. The average molecular weight is 465 g/mol. The Bertz CT molecular complexity index is 1010. The van der Waals surface area contributed by atoms with Crippen molar-refractivity contribution in [1.82, 2.24) is 10.6 Å². The summed E-state index contributed by atoms with van der Waals surface area (Å²) >= 11 is 0. The van der Waals surface area contributed by atoms with Crippen LogP contribution in [0.25, 0.3) is 11.1 Å². The third kappa shape index (κ3) is 5.08. The van der Waals surface area contributed by atoms with E-state index in [2.05, 4.69) is 34.9 Å². The van der Waals surface area contributed by atoms with Crippen LogP contribution in [0, 0.1) is 5.92 Å². The lowest BCUT2D eigenvalue weighted by atomic mass is 9.93. The molecule has 0 saturated heterocycles. The Labute approximate surface area is 199 Å². The normalized spacial score (nSPS) is 20.4. The Kier molecular flexibility index (Phi) is 7.50. The monoisotopic (exact) mass is 464 g/mol. The van der Waals surface area contributed by atoms with Crippen molar-refractivity contribution in [2.75, 3.05) is 6.61 Å². The Morgan fingerprint density at radius 2 is 1.59 bits per heavy atom. The van der Waals surface area contributed by atoms with E-state index >= 15 is 0 Å². The molecule has 4 rings (SSSR count). The summed E-state index contributed by atoms with van der Waals surface area (Å²) in [5.74, 6) is -1.88. The summed E-state index contributed by atoms with van der Waals surface area (Å²) in [6, 6.07) is 15.0. The Morgan fingerprint density at radius 1 is 0.971 bits per heavy atom. The van der Waals surface area contributed by atoms with Crippen molar-refractivity contribution in [3.05, 3.63) is 59.7 Å². The molecule has 7 nitrogen and oxygen atoms in total. The van der Waals surface area contributed by atoms with Crippen LogP contribution in [0.5, 0.6) is 0 Å². The lowest BCUT2D eigenvalue weighted by Gasteiger charge is -2.26.